The Balaban J connectivity index is 2.19. The van der Waals surface area contributed by atoms with Crippen LogP contribution in [0.15, 0.2) is 42.5 Å². The molecule has 0 unspecified atom stereocenters. The maximum absolute atomic E-state index is 11.3. The Morgan fingerprint density at radius 1 is 1.21 bits per heavy atom. The Morgan fingerprint density at radius 3 is 2.63 bits per heavy atom. The zero-order valence-electron chi connectivity index (χ0n) is 10.4. The van der Waals surface area contributed by atoms with Gasteiger partial charge in [-0.25, -0.2) is 0 Å². The zero-order valence-corrected chi connectivity index (χ0v) is 11.1. The number of ether oxygens (including phenoxy) is 1. The van der Waals surface area contributed by atoms with Gasteiger partial charge in [0, 0.05) is 10.6 Å². The van der Waals surface area contributed by atoms with Gasteiger partial charge in [0.2, 0.25) is 0 Å². The van der Waals surface area contributed by atoms with Gasteiger partial charge in [-0.3, -0.25) is 4.79 Å². The zero-order chi connectivity index (χ0) is 13.8. The first kappa shape index (κ1) is 13.4. The van der Waals surface area contributed by atoms with Crippen LogP contribution in [0.5, 0.6) is 11.5 Å². The van der Waals surface area contributed by atoms with Crippen molar-refractivity contribution in [3.63, 3.8) is 0 Å². The van der Waals surface area contributed by atoms with Gasteiger partial charge in [-0.15, -0.1) is 0 Å². The van der Waals surface area contributed by atoms with Crippen LogP contribution in [0.2, 0.25) is 5.02 Å². The molecule has 0 aromatic heterocycles. The van der Waals surface area contributed by atoms with E-state index in [2.05, 4.69) is 0 Å². The van der Waals surface area contributed by atoms with Crippen molar-refractivity contribution in [1.29, 1.82) is 0 Å². The molecule has 3 nitrogen and oxygen atoms in total. The number of Topliss-reactive ketones (excluding diaryl/α,β-unsaturated/α-hetero) is 1. The molecular formula is C15H13ClO3. The fourth-order valence-electron chi connectivity index (χ4n) is 1.69. The van der Waals surface area contributed by atoms with Crippen molar-refractivity contribution in [3.05, 3.63) is 58.6 Å². The number of benzene rings is 2. The number of halogens is 1. The molecule has 0 saturated heterocycles. The van der Waals surface area contributed by atoms with Crippen molar-refractivity contribution >= 4 is 17.4 Å². The quantitative estimate of drug-likeness (QED) is 0.864. The van der Waals surface area contributed by atoms with Crippen molar-refractivity contribution in [2.75, 3.05) is 0 Å². The average Bonchev–Trinajstić information content (AvgIpc) is 2.39. The SMILES string of the molecule is CC(=O)c1cccc(OCc2ccccc2Cl)c1O. The second kappa shape index (κ2) is 5.76. The van der Waals surface area contributed by atoms with Crippen LogP contribution in [0.25, 0.3) is 0 Å². The molecule has 1 N–H and O–H groups in total. The second-order valence-electron chi connectivity index (χ2n) is 4.09. The van der Waals surface area contributed by atoms with Crippen LogP contribution < -0.4 is 4.74 Å². The van der Waals surface area contributed by atoms with E-state index in [-0.39, 0.29) is 29.5 Å². The molecule has 98 valence electrons. The summed E-state index contributed by atoms with van der Waals surface area (Å²) in [5, 5.41) is 10.5. The molecule has 0 amide bonds. The third-order valence-corrected chi connectivity index (χ3v) is 3.09. The molecule has 0 atom stereocenters. The summed E-state index contributed by atoms with van der Waals surface area (Å²) in [7, 11) is 0. The molecule has 0 heterocycles. The van der Waals surface area contributed by atoms with E-state index in [9.17, 15) is 9.90 Å². The summed E-state index contributed by atoms with van der Waals surface area (Å²) in [6.07, 6.45) is 0. The molecule has 0 spiro atoms. The summed E-state index contributed by atoms with van der Waals surface area (Å²) >= 11 is 6.02. The number of phenolic OH excluding ortho intramolecular Hbond substituents is 1. The van der Waals surface area contributed by atoms with Gasteiger partial charge in [0.05, 0.1) is 5.56 Å². The molecule has 2 rings (SSSR count). The minimum Gasteiger partial charge on any atom is -0.504 e. The highest BCUT2D eigenvalue weighted by molar-refractivity contribution is 6.31. The van der Waals surface area contributed by atoms with E-state index in [0.29, 0.717) is 5.02 Å². The predicted molar refractivity (Wildman–Crippen MR) is 73.9 cm³/mol. The maximum Gasteiger partial charge on any atom is 0.168 e. The van der Waals surface area contributed by atoms with E-state index in [4.69, 9.17) is 16.3 Å². The van der Waals surface area contributed by atoms with Gasteiger partial charge in [-0.1, -0.05) is 35.9 Å². The van der Waals surface area contributed by atoms with Gasteiger partial charge in [0.15, 0.2) is 17.3 Å². The molecule has 4 heteroatoms. The van der Waals surface area contributed by atoms with Crippen LogP contribution in [0.1, 0.15) is 22.8 Å². The first-order chi connectivity index (χ1) is 9.09. The molecule has 0 saturated carbocycles. The summed E-state index contributed by atoms with van der Waals surface area (Å²) in [5.41, 5.74) is 1.06. The first-order valence-corrected chi connectivity index (χ1v) is 6.16. The first-order valence-electron chi connectivity index (χ1n) is 5.78. The molecule has 19 heavy (non-hydrogen) atoms. The third-order valence-electron chi connectivity index (χ3n) is 2.72. The summed E-state index contributed by atoms with van der Waals surface area (Å²) < 4.78 is 5.51. The van der Waals surface area contributed by atoms with E-state index < -0.39 is 0 Å². The fourth-order valence-corrected chi connectivity index (χ4v) is 1.88. The molecular weight excluding hydrogens is 264 g/mol. The van der Waals surface area contributed by atoms with Crippen molar-refractivity contribution in [3.8, 4) is 11.5 Å². The number of carbonyl (C=O) groups is 1. The summed E-state index contributed by atoms with van der Waals surface area (Å²) in [6.45, 7) is 1.63. The molecule has 0 aliphatic rings. The molecule has 0 radical (unpaired) electrons. The minimum atomic E-state index is -0.208. The summed E-state index contributed by atoms with van der Waals surface area (Å²) in [5.74, 6) is -0.0737. The number of para-hydroxylation sites is 1. The molecule has 2 aromatic carbocycles. The number of ketones is 1. The second-order valence-corrected chi connectivity index (χ2v) is 4.50. The number of hydrogen-bond donors (Lipinski definition) is 1. The van der Waals surface area contributed by atoms with E-state index in [1.807, 2.05) is 18.2 Å². The lowest BCUT2D eigenvalue weighted by Crippen LogP contribution is -1.99. The Morgan fingerprint density at radius 2 is 1.95 bits per heavy atom. The van der Waals surface area contributed by atoms with Crippen LogP contribution in [0.4, 0.5) is 0 Å². The van der Waals surface area contributed by atoms with Crippen molar-refractivity contribution in [2.45, 2.75) is 13.5 Å². The van der Waals surface area contributed by atoms with E-state index in [1.54, 1.807) is 24.3 Å². The lowest BCUT2D eigenvalue weighted by atomic mass is 10.1. The summed E-state index contributed by atoms with van der Waals surface area (Å²) in [4.78, 5) is 11.3. The smallest absolute Gasteiger partial charge is 0.168 e. The van der Waals surface area contributed by atoms with Crippen LogP contribution in [-0.2, 0) is 6.61 Å². The highest BCUT2D eigenvalue weighted by Gasteiger charge is 2.12. The molecule has 0 aliphatic heterocycles. The Labute approximate surface area is 116 Å². The van der Waals surface area contributed by atoms with Gasteiger partial charge in [0.1, 0.15) is 6.61 Å². The van der Waals surface area contributed by atoms with Gasteiger partial charge < -0.3 is 9.84 Å². The van der Waals surface area contributed by atoms with Crippen LogP contribution in [0.3, 0.4) is 0 Å². The van der Waals surface area contributed by atoms with Gasteiger partial charge in [-0.2, -0.15) is 0 Å². The number of aromatic hydroxyl groups is 1. The Kier molecular flexibility index (Phi) is 4.07. The molecule has 0 aliphatic carbocycles. The molecule has 0 bridgehead atoms. The van der Waals surface area contributed by atoms with Crippen molar-refractivity contribution in [1.82, 2.24) is 0 Å². The maximum atomic E-state index is 11.3. The Hall–Kier alpha value is -2.00. The van der Waals surface area contributed by atoms with Crippen LogP contribution >= 0.6 is 11.6 Å². The highest BCUT2D eigenvalue weighted by atomic mass is 35.5. The highest BCUT2D eigenvalue weighted by Crippen LogP contribution is 2.31. The monoisotopic (exact) mass is 276 g/mol. The standard InChI is InChI=1S/C15H13ClO3/c1-10(17)12-6-4-8-14(15(12)18)19-9-11-5-2-3-7-13(11)16/h2-8,18H,9H2,1H3. The van der Waals surface area contributed by atoms with Gasteiger partial charge in [0.25, 0.3) is 0 Å². The topological polar surface area (TPSA) is 46.5 Å². The Bertz CT molecular complexity index is 608. The number of rotatable bonds is 4. The fraction of sp³-hybridized carbons (Fsp3) is 0.133. The predicted octanol–water partition coefficient (Wildman–Crippen LogP) is 3.83. The van der Waals surface area contributed by atoms with Crippen LogP contribution in [-0.4, -0.2) is 10.9 Å². The van der Waals surface area contributed by atoms with Crippen molar-refractivity contribution < 1.29 is 14.6 Å². The normalized spacial score (nSPS) is 10.2. The molecule has 0 fully saturated rings. The van der Waals surface area contributed by atoms with Crippen molar-refractivity contribution in [2.24, 2.45) is 0 Å². The average molecular weight is 277 g/mol. The van der Waals surface area contributed by atoms with Gasteiger partial charge >= 0.3 is 0 Å². The lowest BCUT2D eigenvalue weighted by molar-refractivity contribution is 0.101. The van der Waals surface area contributed by atoms with E-state index >= 15 is 0 Å². The largest absolute Gasteiger partial charge is 0.504 e. The lowest BCUT2D eigenvalue weighted by Gasteiger charge is -2.10. The number of carbonyl (C=O) groups excluding carboxylic acids is 1. The van der Waals surface area contributed by atoms with E-state index in [0.717, 1.165) is 5.56 Å². The number of hydrogen-bond acceptors (Lipinski definition) is 3. The summed E-state index contributed by atoms with van der Waals surface area (Å²) in [6, 6.07) is 12.1. The van der Waals surface area contributed by atoms with Crippen LogP contribution in [0, 0.1) is 0 Å². The van der Waals surface area contributed by atoms with Gasteiger partial charge in [-0.05, 0) is 25.1 Å². The minimum absolute atomic E-state index is 0.137. The number of phenols is 1. The third kappa shape index (κ3) is 3.06. The van der Waals surface area contributed by atoms with E-state index in [1.165, 1.54) is 6.92 Å². The molecule has 2 aromatic rings.